The Morgan fingerprint density at radius 2 is 2.10 bits per heavy atom. The minimum atomic E-state index is 0.462. The molecule has 1 heterocycles. The number of rotatable bonds is 5. The highest BCUT2D eigenvalue weighted by atomic mass is 32.1. The van der Waals surface area contributed by atoms with Gasteiger partial charge in [0.2, 0.25) is 0 Å². The van der Waals surface area contributed by atoms with Crippen molar-refractivity contribution in [3.63, 3.8) is 0 Å². The van der Waals surface area contributed by atoms with Crippen LogP contribution in [-0.2, 0) is 6.42 Å². The van der Waals surface area contributed by atoms with Gasteiger partial charge in [-0.1, -0.05) is 33.8 Å². The molecule has 1 aromatic heterocycles. The molecule has 2 rings (SSSR count). The monoisotopic (exact) mass is 293 g/mol. The Hall–Kier alpha value is -0.340. The van der Waals surface area contributed by atoms with Gasteiger partial charge >= 0.3 is 0 Å². The van der Waals surface area contributed by atoms with E-state index in [9.17, 15) is 0 Å². The SMILES string of the molecule is CCCNC1CCC(C(C)(C)C)CC1Cc1cccs1. The van der Waals surface area contributed by atoms with Crippen LogP contribution in [0.2, 0.25) is 0 Å². The fraction of sp³-hybridized carbons (Fsp3) is 0.778. The molecule has 1 aliphatic carbocycles. The van der Waals surface area contributed by atoms with Gasteiger partial charge < -0.3 is 5.32 Å². The maximum atomic E-state index is 3.81. The Labute approximate surface area is 129 Å². The van der Waals surface area contributed by atoms with Crippen LogP contribution in [0.3, 0.4) is 0 Å². The lowest BCUT2D eigenvalue weighted by atomic mass is 9.66. The Morgan fingerprint density at radius 3 is 2.70 bits per heavy atom. The van der Waals surface area contributed by atoms with Crippen LogP contribution in [0.5, 0.6) is 0 Å². The lowest BCUT2D eigenvalue weighted by Gasteiger charge is -2.42. The van der Waals surface area contributed by atoms with E-state index in [4.69, 9.17) is 0 Å². The second-order valence-corrected chi connectivity index (χ2v) is 8.51. The van der Waals surface area contributed by atoms with E-state index in [0.29, 0.717) is 5.41 Å². The highest BCUT2D eigenvalue weighted by Crippen LogP contribution is 2.41. The van der Waals surface area contributed by atoms with E-state index in [1.807, 2.05) is 11.3 Å². The Balaban J connectivity index is 2.02. The van der Waals surface area contributed by atoms with Crippen molar-refractivity contribution in [1.29, 1.82) is 0 Å². The maximum Gasteiger partial charge on any atom is 0.00990 e. The summed E-state index contributed by atoms with van der Waals surface area (Å²) in [5.41, 5.74) is 0.462. The van der Waals surface area contributed by atoms with Gasteiger partial charge in [0, 0.05) is 10.9 Å². The molecule has 114 valence electrons. The fourth-order valence-electron chi connectivity index (χ4n) is 3.56. The minimum Gasteiger partial charge on any atom is -0.314 e. The summed E-state index contributed by atoms with van der Waals surface area (Å²) >= 11 is 1.92. The lowest BCUT2D eigenvalue weighted by molar-refractivity contribution is 0.114. The molecule has 3 atom stereocenters. The Bertz CT molecular complexity index is 377. The van der Waals surface area contributed by atoms with Crippen LogP contribution in [0.25, 0.3) is 0 Å². The first-order chi connectivity index (χ1) is 9.50. The summed E-state index contributed by atoms with van der Waals surface area (Å²) < 4.78 is 0. The molecule has 2 heteroatoms. The lowest BCUT2D eigenvalue weighted by Crippen LogP contribution is -2.44. The van der Waals surface area contributed by atoms with Gasteiger partial charge in [-0.3, -0.25) is 0 Å². The van der Waals surface area contributed by atoms with Crippen LogP contribution in [0.4, 0.5) is 0 Å². The Kier molecular flexibility index (Phi) is 5.68. The number of hydrogen-bond acceptors (Lipinski definition) is 2. The Morgan fingerprint density at radius 1 is 1.30 bits per heavy atom. The van der Waals surface area contributed by atoms with Gasteiger partial charge in [0.05, 0.1) is 0 Å². The van der Waals surface area contributed by atoms with Crippen molar-refractivity contribution >= 4 is 11.3 Å². The average molecular weight is 294 g/mol. The second kappa shape index (κ2) is 7.09. The van der Waals surface area contributed by atoms with E-state index in [0.717, 1.165) is 17.9 Å². The van der Waals surface area contributed by atoms with Crippen molar-refractivity contribution in [2.45, 2.75) is 65.8 Å². The third-order valence-corrected chi connectivity index (χ3v) is 5.81. The molecule has 0 saturated heterocycles. The van der Waals surface area contributed by atoms with Crippen molar-refractivity contribution in [2.24, 2.45) is 17.3 Å². The highest BCUT2D eigenvalue weighted by molar-refractivity contribution is 7.09. The summed E-state index contributed by atoms with van der Waals surface area (Å²) in [6.07, 6.45) is 6.66. The first-order valence-corrected chi connectivity index (χ1v) is 9.14. The molecule has 0 aromatic carbocycles. The number of nitrogens with one attached hydrogen (secondary N) is 1. The van der Waals surface area contributed by atoms with Crippen molar-refractivity contribution in [3.8, 4) is 0 Å². The summed E-state index contributed by atoms with van der Waals surface area (Å²) in [5.74, 6) is 1.70. The van der Waals surface area contributed by atoms with Gasteiger partial charge in [-0.2, -0.15) is 0 Å². The zero-order valence-electron chi connectivity index (χ0n) is 13.6. The summed E-state index contributed by atoms with van der Waals surface area (Å²) in [5, 5.41) is 6.03. The van der Waals surface area contributed by atoms with Crippen molar-refractivity contribution in [2.75, 3.05) is 6.54 Å². The third-order valence-electron chi connectivity index (χ3n) is 4.91. The topological polar surface area (TPSA) is 12.0 Å². The number of thiophene rings is 1. The standard InChI is InChI=1S/C18H31NS/c1-5-10-19-17-9-8-15(18(2,3)4)12-14(17)13-16-7-6-11-20-16/h6-7,11,14-15,17,19H,5,8-10,12-13H2,1-4H3. The van der Waals surface area contributed by atoms with E-state index in [-0.39, 0.29) is 0 Å². The largest absolute Gasteiger partial charge is 0.314 e. The van der Waals surface area contributed by atoms with Crippen molar-refractivity contribution in [1.82, 2.24) is 5.32 Å². The van der Waals surface area contributed by atoms with E-state index < -0.39 is 0 Å². The van der Waals surface area contributed by atoms with Crippen LogP contribution in [0.1, 0.15) is 58.3 Å². The average Bonchev–Trinajstić information content (AvgIpc) is 2.89. The van der Waals surface area contributed by atoms with Gasteiger partial charge in [0.25, 0.3) is 0 Å². The zero-order valence-corrected chi connectivity index (χ0v) is 14.4. The molecule has 3 unspecified atom stereocenters. The molecular formula is C18H31NS. The van der Waals surface area contributed by atoms with Gasteiger partial charge in [0.15, 0.2) is 0 Å². The normalized spacial score (nSPS) is 27.7. The zero-order chi connectivity index (χ0) is 14.6. The molecule has 0 aliphatic heterocycles. The first kappa shape index (κ1) is 16.0. The van der Waals surface area contributed by atoms with Crippen molar-refractivity contribution in [3.05, 3.63) is 22.4 Å². The molecule has 1 aromatic rings. The van der Waals surface area contributed by atoms with Crippen LogP contribution in [0, 0.1) is 17.3 Å². The summed E-state index contributed by atoms with van der Waals surface area (Å²) in [4.78, 5) is 1.56. The van der Waals surface area contributed by atoms with Crippen LogP contribution < -0.4 is 5.32 Å². The molecule has 0 amide bonds. The second-order valence-electron chi connectivity index (χ2n) is 7.48. The van der Waals surface area contributed by atoms with Crippen molar-refractivity contribution < 1.29 is 0 Å². The predicted molar refractivity (Wildman–Crippen MR) is 90.4 cm³/mol. The number of hydrogen-bond donors (Lipinski definition) is 1. The van der Waals surface area contributed by atoms with Gasteiger partial charge in [0.1, 0.15) is 0 Å². The third kappa shape index (κ3) is 4.33. The molecule has 1 aliphatic rings. The fourth-order valence-corrected chi connectivity index (χ4v) is 4.36. The van der Waals surface area contributed by atoms with Crippen LogP contribution >= 0.6 is 11.3 Å². The maximum absolute atomic E-state index is 3.81. The molecule has 0 bridgehead atoms. The smallest absolute Gasteiger partial charge is 0.00990 e. The molecule has 20 heavy (non-hydrogen) atoms. The highest BCUT2D eigenvalue weighted by Gasteiger charge is 2.35. The molecule has 1 nitrogen and oxygen atoms in total. The van der Waals surface area contributed by atoms with E-state index >= 15 is 0 Å². The van der Waals surface area contributed by atoms with Crippen LogP contribution in [-0.4, -0.2) is 12.6 Å². The summed E-state index contributed by atoms with van der Waals surface area (Å²) in [7, 11) is 0. The molecule has 1 N–H and O–H groups in total. The minimum absolute atomic E-state index is 0.462. The predicted octanol–water partition coefficient (Wildman–Crippen LogP) is 5.12. The van der Waals surface area contributed by atoms with Gasteiger partial charge in [-0.15, -0.1) is 11.3 Å². The molecular weight excluding hydrogens is 262 g/mol. The molecule has 0 spiro atoms. The van der Waals surface area contributed by atoms with E-state index in [1.54, 1.807) is 4.88 Å². The molecule has 1 fully saturated rings. The van der Waals surface area contributed by atoms with Gasteiger partial charge in [-0.05, 0) is 67.3 Å². The summed E-state index contributed by atoms with van der Waals surface area (Å²) in [6, 6.07) is 5.23. The summed E-state index contributed by atoms with van der Waals surface area (Å²) in [6.45, 7) is 10.7. The molecule has 1 saturated carbocycles. The van der Waals surface area contributed by atoms with E-state index in [1.165, 1.54) is 38.6 Å². The molecule has 0 radical (unpaired) electrons. The quantitative estimate of drug-likeness (QED) is 0.794. The van der Waals surface area contributed by atoms with Crippen LogP contribution in [0.15, 0.2) is 17.5 Å². The first-order valence-electron chi connectivity index (χ1n) is 8.26. The van der Waals surface area contributed by atoms with E-state index in [2.05, 4.69) is 50.5 Å². The van der Waals surface area contributed by atoms with Gasteiger partial charge in [-0.25, -0.2) is 0 Å².